The third-order valence-corrected chi connectivity index (χ3v) is 11.8. The quantitative estimate of drug-likeness (QED) is 0.150. The Morgan fingerprint density at radius 2 is 0.949 bits per heavy atom. The maximum absolute atomic E-state index is 2.47. The second kappa shape index (κ2) is 14.7. The summed E-state index contributed by atoms with van der Waals surface area (Å²) >= 11 is 0. The van der Waals surface area contributed by atoms with Crippen molar-refractivity contribution in [3.05, 3.63) is 242 Å². The van der Waals surface area contributed by atoms with Crippen LogP contribution in [0, 0.1) is 0 Å². The van der Waals surface area contributed by atoms with Gasteiger partial charge in [0, 0.05) is 39.9 Å². The molecule has 0 N–H and O–H groups in total. The molecule has 0 amide bonds. The Morgan fingerprint density at radius 1 is 0.339 bits per heavy atom. The van der Waals surface area contributed by atoms with Gasteiger partial charge in [0.25, 0.3) is 0 Å². The number of hydrogen-bond acceptors (Lipinski definition) is 1. The summed E-state index contributed by atoms with van der Waals surface area (Å²) in [6.45, 7) is 0. The minimum absolute atomic E-state index is 0.748. The van der Waals surface area contributed by atoms with Crippen LogP contribution in [0.2, 0.25) is 0 Å². The topological polar surface area (TPSA) is 8.17 Å². The molecule has 0 aliphatic heterocycles. The van der Waals surface area contributed by atoms with Gasteiger partial charge >= 0.3 is 0 Å². The summed E-state index contributed by atoms with van der Waals surface area (Å²) in [7, 11) is 0. The van der Waals surface area contributed by atoms with Crippen LogP contribution in [0.5, 0.6) is 0 Å². The summed E-state index contributed by atoms with van der Waals surface area (Å²) < 4.78 is 2.47. The normalized spacial score (nSPS) is 11.5. The Morgan fingerprint density at radius 3 is 1.81 bits per heavy atom. The van der Waals surface area contributed by atoms with Gasteiger partial charge in [0.05, 0.1) is 11.0 Å². The Bertz CT molecular complexity index is 3300. The molecule has 0 spiro atoms. The predicted octanol–water partition coefficient (Wildman–Crippen LogP) is 15.5. The zero-order valence-electron chi connectivity index (χ0n) is 32.5. The molecular weight excluding hydrogens is 713 g/mol. The van der Waals surface area contributed by atoms with Crippen molar-refractivity contribution in [1.29, 1.82) is 0 Å². The zero-order valence-corrected chi connectivity index (χ0v) is 32.5. The van der Waals surface area contributed by atoms with E-state index in [0.29, 0.717) is 0 Å². The van der Waals surface area contributed by atoms with Crippen LogP contribution >= 0.6 is 0 Å². The zero-order chi connectivity index (χ0) is 39.1. The second-order valence-electron chi connectivity index (χ2n) is 15.3. The SMILES string of the molecule is c1ccc(-c2cccc(N(c3ccc(-c4ccc5ccccc5c4)cc3)c3ccccc3Cc3ccccc3-n3c4ccccc4c4c5ccccc5ccc43)c2)cc1. The van der Waals surface area contributed by atoms with Crippen LogP contribution in [0.1, 0.15) is 11.1 Å². The number of benzene rings is 10. The highest BCUT2D eigenvalue weighted by atomic mass is 15.1. The van der Waals surface area contributed by atoms with E-state index in [-0.39, 0.29) is 0 Å². The summed E-state index contributed by atoms with van der Waals surface area (Å²) in [6.07, 6.45) is 0.748. The van der Waals surface area contributed by atoms with Crippen LogP contribution in [-0.4, -0.2) is 4.57 Å². The van der Waals surface area contributed by atoms with E-state index in [0.717, 1.165) is 23.5 Å². The molecule has 1 aromatic heterocycles. The molecule has 0 saturated heterocycles. The number of anilines is 3. The lowest BCUT2D eigenvalue weighted by Gasteiger charge is -2.29. The Balaban J connectivity index is 1.05. The summed E-state index contributed by atoms with van der Waals surface area (Å²) in [4.78, 5) is 2.43. The van der Waals surface area contributed by atoms with Crippen molar-refractivity contribution in [3.63, 3.8) is 0 Å². The van der Waals surface area contributed by atoms with Gasteiger partial charge in [-0.05, 0) is 110 Å². The molecule has 59 heavy (non-hydrogen) atoms. The fraction of sp³-hybridized carbons (Fsp3) is 0.0175. The molecule has 11 aromatic rings. The van der Waals surface area contributed by atoms with Gasteiger partial charge in [-0.2, -0.15) is 0 Å². The first-order valence-corrected chi connectivity index (χ1v) is 20.4. The molecule has 0 saturated carbocycles. The molecule has 0 fully saturated rings. The van der Waals surface area contributed by atoms with E-state index in [9.17, 15) is 0 Å². The van der Waals surface area contributed by atoms with Gasteiger partial charge in [-0.15, -0.1) is 0 Å². The molecule has 11 rings (SSSR count). The van der Waals surface area contributed by atoms with Crippen molar-refractivity contribution in [3.8, 4) is 27.9 Å². The van der Waals surface area contributed by atoms with Gasteiger partial charge in [-0.25, -0.2) is 0 Å². The number of hydrogen-bond donors (Lipinski definition) is 0. The highest BCUT2D eigenvalue weighted by Gasteiger charge is 2.20. The Hall–Kier alpha value is -7.68. The third-order valence-electron chi connectivity index (χ3n) is 11.8. The maximum Gasteiger partial charge on any atom is 0.0547 e. The lowest BCUT2D eigenvalue weighted by atomic mass is 9.98. The standard InChI is InChI=1S/C57H40N2/c1-2-15-40(16-3-1)45-22-14-23-50(39-45)58(49-34-31-42(32-35-49)46-30-29-41-17-4-5-19-44(41)37-46)53-26-11-7-20-47(53)38-48-21-8-12-27-54(48)59-55-28-13-10-25-52(55)57-51-24-9-6-18-43(51)33-36-56(57)59/h1-37,39H,38H2. The maximum atomic E-state index is 2.47. The molecule has 10 aromatic carbocycles. The summed E-state index contributed by atoms with van der Waals surface area (Å²) in [5.74, 6) is 0. The average molecular weight is 753 g/mol. The molecule has 1 heterocycles. The summed E-state index contributed by atoms with van der Waals surface area (Å²) in [6, 6.07) is 84.0. The predicted molar refractivity (Wildman–Crippen MR) is 251 cm³/mol. The lowest BCUT2D eigenvalue weighted by Crippen LogP contribution is -2.13. The highest BCUT2D eigenvalue weighted by molar-refractivity contribution is 6.21. The van der Waals surface area contributed by atoms with Crippen molar-refractivity contribution >= 4 is 60.4 Å². The van der Waals surface area contributed by atoms with Crippen molar-refractivity contribution < 1.29 is 0 Å². The summed E-state index contributed by atoms with van der Waals surface area (Å²) in [5, 5.41) is 7.60. The van der Waals surface area contributed by atoms with E-state index in [2.05, 4.69) is 240 Å². The molecule has 2 nitrogen and oxygen atoms in total. The van der Waals surface area contributed by atoms with Gasteiger partial charge in [-0.3, -0.25) is 0 Å². The first kappa shape index (κ1) is 34.6. The number of aromatic nitrogens is 1. The molecule has 0 aliphatic rings. The fourth-order valence-corrected chi connectivity index (χ4v) is 9.02. The van der Waals surface area contributed by atoms with E-state index >= 15 is 0 Å². The van der Waals surface area contributed by atoms with Crippen molar-refractivity contribution in [2.24, 2.45) is 0 Å². The lowest BCUT2D eigenvalue weighted by molar-refractivity contribution is 1.09. The fourth-order valence-electron chi connectivity index (χ4n) is 9.02. The molecule has 0 aliphatic carbocycles. The minimum atomic E-state index is 0.748. The third kappa shape index (κ3) is 6.23. The van der Waals surface area contributed by atoms with Crippen LogP contribution in [-0.2, 0) is 6.42 Å². The van der Waals surface area contributed by atoms with Crippen LogP contribution in [0.4, 0.5) is 17.1 Å². The van der Waals surface area contributed by atoms with E-state index in [4.69, 9.17) is 0 Å². The molecule has 0 bridgehead atoms. The van der Waals surface area contributed by atoms with Crippen molar-refractivity contribution in [2.75, 3.05) is 4.90 Å². The van der Waals surface area contributed by atoms with Gasteiger partial charge in [0.1, 0.15) is 0 Å². The van der Waals surface area contributed by atoms with Gasteiger partial charge in [0.15, 0.2) is 0 Å². The summed E-state index contributed by atoms with van der Waals surface area (Å²) in [5.41, 5.74) is 14.3. The number of fused-ring (bicyclic) bond motifs is 6. The van der Waals surface area contributed by atoms with Gasteiger partial charge < -0.3 is 9.47 Å². The van der Waals surface area contributed by atoms with Gasteiger partial charge in [0.2, 0.25) is 0 Å². The smallest absolute Gasteiger partial charge is 0.0547 e. The number of para-hydroxylation sites is 3. The van der Waals surface area contributed by atoms with Crippen LogP contribution < -0.4 is 4.90 Å². The highest BCUT2D eigenvalue weighted by Crippen LogP contribution is 2.42. The Kier molecular flexibility index (Phi) is 8.60. The Labute approximate surface area is 344 Å². The number of nitrogens with zero attached hydrogens (tertiary/aromatic N) is 2. The van der Waals surface area contributed by atoms with E-state index in [1.54, 1.807) is 0 Å². The molecule has 0 atom stereocenters. The molecule has 278 valence electrons. The monoisotopic (exact) mass is 752 g/mol. The average Bonchev–Trinajstić information content (AvgIpc) is 3.65. The van der Waals surface area contributed by atoms with Gasteiger partial charge in [-0.1, -0.05) is 176 Å². The molecular formula is C57H40N2. The molecule has 0 unspecified atom stereocenters. The van der Waals surface area contributed by atoms with Crippen molar-refractivity contribution in [2.45, 2.75) is 6.42 Å². The first-order chi connectivity index (χ1) is 29.3. The van der Waals surface area contributed by atoms with E-state index in [1.807, 2.05) is 0 Å². The first-order valence-electron chi connectivity index (χ1n) is 20.4. The van der Waals surface area contributed by atoms with Crippen LogP contribution in [0.3, 0.4) is 0 Å². The largest absolute Gasteiger partial charge is 0.310 e. The molecule has 2 heteroatoms. The van der Waals surface area contributed by atoms with Crippen LogP contribution in [0.15, 0.2) is 231 Å². The van der Waals surface area contributed by atoms with Crippen molar-refractivity contribution in [1.82, 2.24) is 4.57 Å². The molecule has 0 radical (unpaired) electrons. The van der Waals surface area contributed by atoms with Crippen LogP contribution in [0.25, 0.3) is 71.3 Å². The van der Waals surface area contributed by atoms with E-state index in [1.165, 1.54) is 82.4 Å². The van der Waals surface area contributed by atoms with E-state index < -0.39 is 0 Å². The second-order valence-corrected chi connectivity index (χ2v) is 15.3. The minimum Gasteiger partial charge on any atom is -0.310 e. The number of rotatable bonds is 8.